The molecule has 2 saturated heterocycles. The van der Waals surface area contributed by atoms with E-state index in [1.54, 1.807) is 0 Å². The molecule has 2 aromatic rings. The van der Waals surface area contributed by atoms with Crippen molar-refractivity contribution < 1.29 is 27.5 Å². The topological polar surface area (TPSA) is 98.8 Å². The Hall–Kier alpha value is -2.87. The van der Waals surface area contributed by atoms with Crippen LogP contribution >= 0.6 is 0 Å². The Kier molecular flexibility index (Phi) is 5.00. The van der Waals surface area contributed by atoms with Crippen LogP contribution in [0.15, 0.2) is 48.5 Å². The molecule has 2 aromatic carbocycles. The van der Waals surface area contributed by atoms with E-state index in [0.29, 0.717) is 12.8 Å². The van der Waals surface area contributed by atoms with Crippen molar-refractivity contribution in [3.05, 3.63) is 59.7 Å². The van der Waals surface area contributed by atoms with Gasteiger partial charge in [0.2, 0.25) is 0 Å². The smallest absolute Gasteiger partial charge is 0.408 e. The fourth-order valence-corrected chi connectivity index (χ4v) is 8.12. The number of carbonyl (C=O) groups excluding carboxylic acids is 2. The summed E-state index contributed by atoms with van der Waals surface area (Å²) < 4.78 is 35.5. The molecule has 2 heterocycles. The van der Waals surface area contributed by atoms with E-state index in [-0.39, 0.29) is 25.4 Å². The number of rotatable bonds is 4. The van der Waals surface area contributed by atoms with Gasteiger partial charge in [-0.05, 0) is 47.9 Å². The highest BCUT2D eigenvalue weighted by Crippen LogP contribution is 2.45. The fraction of sp³-hybridized carbons (Fsp3) is 0.417. The molecule has 2 aliphatic heterocycles. The quantitative estimate of drug-likeness (QED) is 0.711. The van der Waals surface area contributed by atoms with E-state index in [2.05, 4.69) is 17.4 Å². The van der Waals surface area contributed by atoms with Crippen molar-refractivity contribution in [1.82, 2.24) is 5.32 Å². The standard InChI is InChI=1S/C24H25NO6S/c1-30-22(26)24(12-15-10-11-16(13-24)32(15,28)29)25-23(27)31-14-21-19-8-4-2-6-17(19)18-7-3-5-9-20(18)21/h2-9,15-16,21H,10-14H2,1H3,(H,25,27). The zero-order chi connectivity index (χ0) is 22.5. The largest absolute Gasteiger partial charge is 0.467 e. The van der Waals surface area contributed by atoms with Crippen LogP contribution in [0, 0.1) is 0 Å². The second-order valence-electron chi connectivity index (χ2n) is 8.84. The number of esters is 1. The molecule has 3 aliphatic rings. The molecular formula is C24H25NO6S. The number of amides is 1. The highest BCUT2D eigenvalue weighted by molar-refractivity contribution is 7.93. The zero-order valence-electron chi connectivity index (χ0n) is 17.7. The lowest BCUT2D eigenvalue weighted by Crippen LogP contribution is -2.61. The minimum atomic E-state index is -3.27. The number of methoxy groups -OCH3 is 1. The first-order chi connectivity index (χ1) is 15.4. The van der Waals surface area contributed by atoms with Gasteiger partial charge in [0.25, 0.3) is 0 Å². The van der Waals surface area contributed by atoms with Crippen molar-refractivity contribution in [2.75, 3.05) is 13.7 Å². The molecule has 0 spiro atoms. The summed E-state index contributed by atoms with van der Waals surface area (Å²) in [6.45, 7) is 0.113. The number of benzene rings is 2. The summed E-state index contributed by atoms with van der Waals surface area (Å²) in [5, 5.41) is 1.40. The number of ether oxygens (including phenoxy) is 2. The van der Waals surface area contributed by atoms with E-state index < -0.39 is 37.9 Å². The summed E-state index contributed by atoms with van der Waals surface area (Å²) >= 11 is 0. The van der Waals surface area contributed by atoms with Crippen molar-refractivity contribution >= 4 is 21.9 Å². The summed E-state index contributed by atoms with van der Waals surface area (Å²) in [5.41, 5.74) is 3.04. The van der Waals surface area contributed by atoms with Gasteiger partial charge >= 0.3 is 12.1 Å². The molecule has 0 saturated carbocycles. The SMILES string of the molecule is COC(=O)C1(NC(=O)OCC2c3ccccc3-c3ccccc32)CC2CCC(C1)S2(=O)=O. The van der Waals surface area contributed by atoms with Crippen LogP contribution in [-0.2, 0) is 24.1 Å². The molecule has 2 bridgehead atoms. The van der Waals surface area contributed by atoms with Gasteiger partial charge < -0.3 is 14.8 Å². The number of hydrogen-bond donors (Lipinski definition) is 1. The highest BCUT2D eigenvalue weighted by Gasteiger charge is 2.57. The van der Waals surface area contributed by atoms with Gasteiger partial charge in [-0.25, -0.2) is 18.0 Å². The van der Waals surface area contributed by atoms with Crippen LogP contribution in [0.1, 0.15) is 42.7 Å². The first kappa shape index (κ1) is 21.0. The normalized spacial score (nSPS) is 27.3. The highest BCUT2D eigenvalue weighted by atomic mass is 32.2. The van der Waals surface area contributed by atoms with Crippen molar-refractivity contribution in [2.24, 2.45) is 0 Å². The Balaban J connectivity index is 1.34. The fourth-order valence-electron chi connectivity index (χ4n) is 5.61. The van der Waals surface area contributed by atoms with Gasteiger partial charge in [-0.2, -0.15) is 0 Å². The summed E-state index contributed by atoms with van der Waals surface area (Å²) in [6.07, 6.45) is 0.290. The number of carbonyl (C=O) groups is 2. The van der Waals surface area contributed by atoms with Gasteiger partial charge in [-0.1, -0.05) is 48.5 Å². The molecule has 1 amide bonds. The van der Waals surface area contributed by atoms with Gasteiger partial charge in [-0.15, -0.1) is 0 Å². The van der Waals surface area contributed by atoms with Crippen LogP contribution in [0.3, 0.4) is 0 Å². The number of alkyl carbamates (subject to hydrolysis) is 1. The lowest BCUT2D eigenvalue weighted by Gasteiger charge is -2.38. The van der Waals surface area contributed by atoms with Crippen LogP contribution in [0.25, 0.3) is 11.1 Å². The van der Waals surface area contributed by atoms with E-state index >= 15 is 0 Å². The van der Waals surface area contributed by atoms with Gasteiger partial charge in [-0.3, -0.25) is 0 Å². The minimum absolute atomic E-state index is 0.0166. The van der Waals surface area contributed by atoms with Crippen LogP contribution in [0.4, 0.5) is 4.79 Å². The molecule has 8 heteroatoms. The van der Waals surface area contributed by atoms with Crippen LogP contribution in [0.2, 0.25) is 0 Å². The molecule has 168 valence electrons. The number of sulfone groups is 1. The number of fused-ring (bicyclic) bond motifs is 5. The second kappa shape index (κ2) is 7.62. The Morgan fingerprint density at radius 3 is 2.03 bits per heavy atom. The van der Waals surface area contributed by atoms with E-state index in [9.17, 15) is 18.0 Å². The monoisotopic (exact) mass is 455 g/mol. The average molecular weight is 456 g/mol. The third kappa shape index (κ3) is 3.20. The molecule has 32 heavy (non-hydrogen) atoms. The Labute approximate surface area is 187 Å². The number of nitrogens with one attached hydrogen (secondary N) is 1. The van der Waals surface area contributed by atoms with Crippen molar-refractivity contribution in [3.8, 4) is 11.1 Å². The maximum Gasteiger partial charge on any atom is 0.408 e. The Morgan fingerprint density at radius 1 is 0.969 bits per heavy atom. The predicted octanol–water partition coefficient (Wildman–Crippen LogP) is 3.18. The lowest BCUT2D eigenvalue weighted by molar-refractivity contribution is -0.149. The van der Waals surface area contributed by atoms with Crippen LogP contribution < -0.4 is 5.32 Å². The van der Waals surface area contributed by atoms with Crippen molar-refractivity contribution in [3.63, 3.8) is 0 Å². The molecule has 1 N–H and O–H groups in total. The Bertz CT molecular complexity index is 1120. The van der Waals surface area contributed by atoms with E-state index in [1.165, 1.54) is 7.11 Å². The summed E-state index contributed by atoms with van der Waals surface area (Å²) in [4.78, 5) is 25.5. The summed E-state index contributed by atoms with van der Waals surface area (Å²) in [7, 11) is -2.03. The molecule has 2 unspecified atom stereocenters. The van der Waals surface area contributed by atoms with Crippen LogP contribution in [-0.4, -0.2) is 50.2 Å². The maximum absolute atomic E-state index is 12.8. The van der Waals surface area contributed by atoms with Crippen molar-refractivity contribution in [1.29, 1.82) is 0 Å². The molecule has 5 rings (SSSR count). The molecule has 7 nitrogen and oxygen atoms in total. The van der Waals surface area contributed by atoms with E-state index in [4.69, 9.17) is 9.47 Å². The summed E-state index contributed by atoms with van der Waals surface area (Å²) in [5.74, 6) is -0.733. The lowest BCUT2D eigenvalue weighted by atomic mass is 9.89. The first-order valence-electron chi connectivity index (χ1n) is 10.8. The first-order valence-corrected chi connectivity index (χ1v) is 12.4. The number of hydrogen-bond acceptors (Lipinski definition) is 6. The zero-order valence-corrected chi connectivity index (χ0v) is 18.6. The maximum atomic E-state index is 12.8. The van der Waals surface area contributed by atoms with Crippen molar-refractivity contribution in [2.45, 2.75) is 47.6 Å². The Morgan fingerprint density at radius 2 is 1.50 bits per heavy atom. The van der Waals surface area contributed by atoms with Gasteiger partial charge in [0.05, 0.1) is 17.6 Å². The average Bonchev–Trinajstić information content (AvgIpc) is 3.14. The van der Waals surface area contributed by atoms with Crippen LogP contribution in [0.5, 0.6) is 0 Å². The van der Waals surface area contributed by atoms with E-state index in [1.807, 2.05) is 36.4 Å². The minimum Gasteiger partial charge on any atom is -0.467 e. The molecule has 0 aromatic heterocycles. The third-order valence-corrected chi connectivity index (χ3v) is 9.82. The summed E-state index contributed by atoms with van der Waals surface area (Å²) in [6, 6.07) is 16.1. The van der Waals surface area contributed by atoms with Gasteiger partial charge in [0, 0.05) is 5.92 Å². The molecule has 0 radical (unpaired) electrons. The molecular weight excluding hydrogens is 430 g/mol. The second-order valence-corrected chi connectivity index (χ2v) is 11.4. The predicted molar refractivity (Wildman–Crippen MR) is 118 cm³/mol. The third-order valence-electron chi connectivity index (χ3n) is 7.15. The van der Waals surface area contributed by atoms with Gasteiger partial charge in [0.15, 0.2) is 9.84 Å². The molecule has 1 aliphatic carbocycles. The van der Waals surface area contributed by atoms with E-state index in [0.717, 1.165) is 22.3 Å². The molecule has 2 atom stereocenters. The molecule has 2 fully saturated rings. The van der Waals surface area contributed by atoms with Gasteiger partial charge in [0.1, 0.15) is 12.1 Å².